The lowest BCUT2D eigenvalue weighted by Crippen LogP contribution is -2.22. The highest BCUT2D eigenvalue weighted by Gasteiger charge is 2.13. The molecule has 0 bridgehead atoms. The van der Waals surface area contributed by atoms with Crippen molar-refractivity contribution in [3.05, 3.63) is 0 Å². The number of ether oxygens (including phenoxy) is 2. The van der Waals surface area contributed by atoms with E-state index in [2.05, 4.69) is 0 Å². The highest BCUT2D eigenvalue weighted by Crippen LogP contribution is 2.28. The Hall–Kier alpha value is -0.0800. The number of hydrogen-bond donors (Lipinski definition) is 0. The molecule has 2 fully saturated rings. The van der Waals surface area contributed by atoms with Gasteiger partial charge in [-0.2, -0.15) is 0 Å². The third kappa shape index (κ3) is 11.3. The maximum absolute atomic E-state index is 5.79. The molecule has 1 aliphatic carbocycles. The predicted octanol–water partition coefficient (Wildman–Crippen LogP) is 7.40. The fraction of sp³-hybridized carbons (Fsp3) is 1.00. The summed E-state index contributed by atoms with van der Waals surface area (Å²) in [6.07, 6.45) is 26.9. The second-order valence-electron chi connectivity index (χ2n) is 8.50. The van der Waals surface area contributed by atoms with Crippen LogP contribution in [0, 0.1) is 5.92 Å². The first-order valence-electron chi connectivity index (χ1n) is 11.7. The van der Waals surface area contributed by atoms with Crippen LogP contribution in [-0.2, 0) is 9.47 Å². The summed E-state index contributed by atoms with van der Waals surface area (Å²) in [5, 5.41) is 0. The molecular weight excluding hydrogens is 308 g/mol. The molecule has 0 amide bonds. The van der Waals surface area contributed by atoms with Crippen LogP contribution in [-0.4, -0.2) is 19.5 Å². The Morgan fingerprint density at radius 2 is 1.20 bits per heavy atom. The summed E-state index contributed by atoms with van der Waals surface area (Å²) in [7, 11) is 0. The van der Waals surface area contributed by atoms with Crippen LogP contribution in [0.1, 0.15) is 122 Å². The molecule has 0 aromatic rings. The summed E-state index contributed by atoms with van der Waals surface area (Å²) in [6, 6.07) is 0. The lowest BCUT2D eigenvalue weighted by molar-refractivity contribution is -0.162. The molecule has 0 N–H and O–H groups in total. The molecule has 2 nitrogen and oxygen atoms in total. The summed E-state index contributed by atoms with van der Waals surface area (Å²) >= 11 is 0. The van der Waals surface area contributed by atoms with Gasteiger partial charge < -0.3 is 9.47 Å². The minimum absolute atomic E-state index is 0.104. The molecule has 2 heteroatoms. The fourth-order valence-corrected chi connectivity index (χ4v) is 4.48. The van der Waals surface area contributed by atoms with Gasteiger partial charge in [0.1, 0.15) is 0 Å². The van der Waals surface area contributed by atoms with Gasteiger partial charge in [-0.25, -0.2) is 0 Å². The maximum atomic E-state index is 5.79. The SMILES string of the molecule is C(CCCCCCC1CCCCC1)CCCCCOC1CCCCO1. The van der Waals surface area contributed by atoms with Crippen molar-refractivity contribution in [2.75, 3.05) is 13.2 Å². The summed E-state index contributed by atoms with van der Waals surface area (Å²) in [4.78, 5) is 0. The third-order valence-electron chi connectivity index (χ3n) is 6.17. The Balaban J connectivity index is 1.23. The topological polar surface area (TPSA) is 18.5 Å². The van der Waals surface area contributed by atoms with Crippen molar-refractivity contribution in [2.45, 2.75) is 128 Å². The van der Waals surface area contributed by atoms with Crippen LogP contribution in [0.15, 0.2) is 0 Å². The summed E-state index contributed by atoms with van der Waals surface area (Å²) < 4.78 is 11.4. The molecule has 1 aliphatic heterocycles. The Labute approximate surface area is 157 Å². The van der Waals surface area contributed by atoms with Crippen LogP contribution in [0.5, 0.6) is 0 Å². The average molecular weight is 353 g/mol. The molecule has 1 unspecified atom stereocenters. The van der Waals surface area contributed by atoms with E-state index in [1.807, 2.05) is 0 Å². The molecule has 0 aromatic carbocycles. The number of rotatable bonds is 14. The van der Waals surface area contributed by atoms with Crippen molar-refractivity contribution in [3.8, 4) is 0 Å². The highest BCUT2D eigenvalue weighted by molar-refractivity contribution is 4.65. The molecule has 0 radical (unpaired) electrons. The lowest BCUT2D eigenvalue weighted by atomic mass is 9.85. The maximum Gasteiger partial charge on any atom is 0.157 e. The Morgan fingerprint density at radius 1 is 0.600 bits per heavy atom. The van der Waals surface area contributed by atoms with Gasteiger partial charge >= 0.3 is 0 Å². The largest absolute Gasteiger partial charge is 0.353 e. The zero-order valence-electron chi connectivity index (χ0n) is 16.8. The van der Waals surface area contributed by atoms with Gasteiger partial charge in [0.2, 0.25) is 0 Å². The molecule has 1 heterocycles. The van der Waals surface area contributed by atoms with Crippen LogP contribution >= 0.6 is 0 Å². The van der Waals surface area contributed by atoms with Gasteiger partial charge in [-0.05, 0) is 31.6 Å². The average Bonchev–Trinajstić information content (AvgIpc) is 2.67. The van der Waals surface area contributed by atoms with E-state index in [1.54, 1.807) is 0 Å². The van der Waals surface area contributed by atoms with Crippen molar-refractivity contribution in [1.29, 1.82) is 0 Å². The first-order chi connectivity index (χ1) is 12.4. The smallest absolute Gasteiger partial charge is 0.157 e. The van der Waals surface area contributed by atoms with Gasteiger partial charge in [-0.15, -0.1) is 0 Å². The van der Waals surface area contributed by atoms with Crippen molar-refractivity contribution in [2.24, 2.45) is 5.92 Å². The first kappa shape index (κ1) is 21.2. The monoisotopic (exact) mass is 352 g/mol. The van der Waals surface area contributed by atoms with E-state index >= 15 is 0 Å². The van der Waals surface area contributed by atoms with E-state index < -0.39 is 0 Å². The molecule has 2 aliphatic rings. The molecule has 0 aromatic heterocycles. The van der Waals surface area contributed by atoms with Crippen molar-refractivity contribution in [1.82, 2.24) is 0 Å². The van der Waals surface area contributed by atoms with E-state index in [4.69, 9.17) is 9.47 Å². The van der Waals surface area contributed by atoms with Crippen LogP contribution in [0.2, 0.25) is 0 Å². The highest BCUT2D eigenvalue weighted by atomic mass is 16.7. The van der Waals surface area contributed by atoms with Gasteiger partial charge in [0.15, 0.2) is 6.29 Å². The van der Waals surface area contributed by atoms with Gasteiger partial charge in [0, 0.05) is 13.2 Å². The number of unbranched alkanes of at least 4 members (excludes halogenated alkanes) is 9. The van der Waals surface area contributed by atoms with Gasteiger partial charge in [0.05, 0.1) is 0 Å². The molecule has 148 valence electrons. The van der Waals surface area contributed by atoms with Gasteiger partial charge in [-0.3, -0.25) is 0 Å². The van der Waals surface area contributed by atoms with Gasteiger partial charge in [-0.1, -0.05) is 96.3 Å². The van der Waals surface area contributed by atoms with E-state index in [9.17, 15) is 0 Å². The fourth-order valence-electron chi connectivity index (χ4n) is 4.48. The summed E-state index contributed by atoms with van der Waals surface area (Å²) in [5.41, 5.74) is 0. The molecule has 1 saturated heterocycles. The van der Waals surface area contributed by atoms with E-state index in [-0.39, 0.29) is 6.29 Å². The minimum Gasteiger partial charge on any atom is -0.353 e. The summed E-state index contributed by atoms with van der Waals surface area (Å²) in [5.74, 6) is 1.09. The second kappa shape index (κ2) is 15.0. The zero-order valence-corrected chi connectivity index (χ0v) is 16.8. The molecule has 0 spiro atoms. The second-order valence-corrected chi connectivity index (χ2v) is 8.50. The summed E-state index contributed by atoms with van der Waals surface area (Å²) in [6.45, 7) is 1.79. The molecule has 1 saturated carbocycles. The molecular formula is C23H44O2. The van der Waals surface area contributed by atoms with Crippen LogP contribution < -0.4 is 0 Å². The van der Waals surface area contributed by atoms with Crippen molar-refractivity contribution >= 4 is 0 Å². The van der Waals surface area contributed by atoms with E-state index in [0.29, 0.717) is 0 Å². The minimum atomic E-state index is 0.104. The standard InChI is InChI=1S/C23H44O2/c1(3-5-7-10-16-22-17-11-9-12-18-22)2-4-6-8-14-20-24-23-19-13-15-21-25-23/h22-23H,1-21H2. The Bertz CT molecular complexity index is 252. The van der Waals surface area contributed by atoms with Crippen LogP contribution in [0.4, 0.5) is 0 Å². The Morgan fingerprint density at radius 3 is 1.84 bits per heavy atom. The molecule has 1 atom stereocenters. The predicted molar refractivity (Wildman–Crippen MR) is 107 cm³/mol. The normalized spacial score (nSPS) is 22.3. The van der Waals surface area contributed by atoms with Crippen molar-refractivity contribution < 1.29 is 9.47 Å². The van der Waals surface area contributed by atoms with Crippen molar-refractivity contribution in [3.63, 3.8) is 0 Å². The van der Waals surface area contributed by atoms with Gasteiger partial charge in [0.25, 0.3) is 0 Å². The van der Waals surface area contributed by atoms with Crippen LogP contribution in [0.3, 0.4) is 0 Å². The van der Waals surface area contributed by atoms with E-state index in [1.165, 1.54) is 116 Å². The molecule has 25 heavy (non-hydrogen) atoms. The quantitative estimate of drug-likeness (QED) is 0.303. The lowest BCUT2D eigenvalue weighted by Gasteiger charge is -2.22. The first-order valence-corrected chi connectivity index (χ1v) is 11.7. The number of hydrogen-bond acceptors (Lipinski definition) is 2. The van der Waals surface area contributed by atoms with Crippen LogP contribution in [0.25, 0.3) is 0 Å². The Kier molecular flexibility index (Phi) is 12.8. The molecule has 2 rings (SSSR count). The third-order valence-corrected chi connectivity index (χ3v) is 6.17. The zero-order chi connectivity index (χ0) is 17.4. The van der Waals surface area contributed by atoms with E-state index in [0.717, 1.165) is 25.6 Å².